The number of hydrogen-bond donors (Lipinski definition) is 1. The normalized spacial score (nSPS) is 34.6. The molecule has 7 heteroatoms. The van der Waals surface area contributed by atoms with Gasteiger partial charge in [0.2, 0.25) is 11.8 Å². The Bertz CT molecular complexity index is 773. The number of hydrogen-bond acceptors (Lipinski definition) is 5. The lowest BCUT2D eigenvalue weighted by molar-refractivity contribution is -0.158. The van der Waals surface area contributed by atoms with E-state index in [2.05, 4.69) is 5.32 Å². The minimum Gasteiger partial charge on any atom is -0.372 e. The first kappa shape index (κ1) is 16.2. The Labute approximate surface area is 144 Å². The van der Waals surface area contributed by atoms with E-state index in [0.29, 0.717) is 12.1 Å². The number of nitrogens with one attached hydrogen (secondary N) is 1. The molecule has 2 fully saturated rings. The zero-order chi connectivity index (χ0) is 17.9. The van der Waals surface area contributed by atoms with Crippen LogP contribution in [0.3, 0.4) is 0 Å². The van der Waals surface area contributed by atoms with Crippen molar-refractivity contribution < 1.29 is 23.5 Å². The smallest absolute Gasteiger partial charge is 0.242 e. The molecule has 1 N–H and O–H groups in total. The van der Waals surface area contributed by atoms with Gasteiger partial charge in [0.25, 0.3) is 0 Å². The fourth-order valence-electron chi connectivity index (χ4n) is 4.61. The van der Waals surface area contributed by atoms with E-state index in [1.807, 2.05) is 18.7 Å². The Morgan fingerprint density at radius 2 is 2.04 bits per heavy atom. The summed E-state index contributed by atoms with van der Waals surface area (Å²) < 4.78 is 19.7. The maximum Gasteiger partial charge on any atom is 0.242 e. The highest BCUT2D eigenvalue weighted by Crippen LogP contribution is 2.47. The van der Waals surface area contributed by atoms with Crippen LogP contribution in [0.2, 0.25) is 0 Å². The standard InChI is InChI=1S/C18H19FN2O4/c1-9-8-21-13-4-3-12(19)5-11(13)7-18(16(21)10(2)25-9)14(22)6-15(23)20-17(18)24/h3-5,9-10,16H,6-8H2,1-2H3,(H,20,23,24)/t9-,10+,16-,18?/m1/s1. The molecule has 1 spiro atoms. The van der Waals surface area contributed by atoms with E-state index in [1.165, 1.54) is 12.1 Å². The molecule has 0 aromatic heterocycles. The molecule has 4 rings (SSSR count). The Hall–Kier alpha value is -2.28. The number of piperidine rings is 1. The van der Waals surface area contributed by atoms with Gasteiger partial charge in [0.1, 0.15) is 11.2 Å². The highest BCUT2D eigenvalue weighted by molar-refractivity contribution is 6.22. The Morgan fingerprint density at radius 3 is 2.76 bits per heavy atom. The summed E-state index contributed by atoms with van der Waals surface area (Å²) in [6.07, 6.45) is -0.753. The van der Waals surface area contributed by atoms with Crippen LogP contribution >= 0.6 is 0 Å². The van der Waals surface area contributed by atoms with E-state index in [0.717, 1.165) is 5.69 Å². The van der Waals surface area contributed by atoms with Crippen molar-refractivity contribution >= 4 is 23.3 Å². The van der Waals surface area contributed by atoms with Crippen LogP contribution in [0.5, 0.6) is 0 Å². The van der Waals surface area contributed by atoms with Crippen LogP contribution in [-0.4, -0.2) is 42.4 Å². The third kappa shape index (κ3) is 2.22. The molecule has 3 heterocycles. The van der Waals surface area contributed by atoms with Crippen LogP contribution in [0.4, 0.5) is 10.1 Å². The number of nitrogens with zero attached hydrogens (tertiary/aromatic N) is 1. The fraction of sp³-hybridized carbons (Fsp3) is 0.500. The third-order valence-electron chi connectivity index (χ3n) is 5.48. The summed E-state index contributed by atoms with van der Waals surface area (Å²) >= 11 is 0. The van der Waals surface area contributed by atoms with Crippen LogP contribution in [0.15, 0.2) is 18.2 Å². The molecule has 1 unspecified atom stereocenters. The minimum absolute atomic E-state index is 0.0707. The first-order valence-corrected chi connectivity index (χ1v) is 8.41. The molecule has 3 aliphatic rings. The molecular formula is C18H19FN2O4. The molecule has 25 heavy (non-hydrogen) atoms. The van der Waals surface area contributed by atoms with E-state index in [-0.39, 0.29) is 25.0 Å². The Morgan fingerprint density at radius 1 is 1.28 bits per heavy atom. The van der Waals surface area contributed by atoms with Gasteiger partial charge in [0, 0.05) is 12.2 Å². The SMILES string of the molecule is C[C@@H]1CN2c3ccc(F)cc3CC3(C(=O)CC(=O)NC3=O)[C@H]2[C@H](C)O1. The van der Waals surface area contributed by atoms with Crippen molar-refractivity contribution in [3.8, 4) is 0 Å². The van der Waals surface area contributed by atoms with Crippen LogP contribution in [0.1, 0.15) is 25.8 Å². The number of anilines is 1. The van der Waals surface area contributed by atoms with Gasteiger partial charge in [-0.3, -0.25) is 19.7 Å². The zero-order valence-corrected chi connectivity index (χ0v) is 14.0. The van der Waals surface area contributed by atoms with Gasteiger partial charge in [0.15, 0.2) is 5.78 Å². The first-order valence-electron chi connectivity index (χ1n) is 8.41. The molecule has 6 nitrogen and oxygen atoms in total. The van der Waals surface area contributed by atoms with Crippen molar-refractivity contribution in [2.24, 2.45) is 5.41 Å². The highest BCUT2D eigenvalue weighted by Gasteiger charge is 2.62. The van der Waals surface area contributed by atoms with Crippen molar-refractivity contribution in [1.82, 2.24) is 5.32 Å². The summed E-state index contributed by atoms with van der Waals surface area (Å²) in [6.45, 7) is 4.24. The lowest BCUT2D eigenvalue weighted by atomic mass is 9.63. The predicted octanol–water partition coefficient (Wildman–Crippen LogP) is 0.966. The third-order valence-corrected chi connectivity index (χ3v) is 5.48. The molecule has 3 aliphatic heterocycles. The maximum atomic E-state index is 13.8. The zero-order valence-electron chi connectivity index (χ0n) is 14.0. The number of imide groups is 1. The molecule has 0 saturated carbocycles. The van der Waals surface area contributed by atoms with Crippen molar-refractivity contribution in [2.45, 2.75) is 44.9 Å². The number of ether oxygens (including phenoxy) is 1. The summed E-state index contributed by atoms with van der Waals surface area (Å²) in [5, 5.41) is 2.31. The van der Waals surface area contributed by atoms with Crippen LogP contribution < -0.4 is 10.2 Å². The number of carbonyl (C=O) groups excluding carboxylic acids is 3. The van der Waals surface area contributed by atoms with Gasteiger partial charge in [-0.25, -0.2) is 4.39 Å². The summed E-state index contributed by atoms with van der Waals surface area (Å²) in [6, 6.07) is 3.91. The maximum absolute atomic E-state index is 13.8. The number of ketones is 1. The summed E-state index contributed by atoms with van der Waals surface area (Å²) in [7, 11) is 0. The Kier molecular flexibility index (Phi) is 3.47. The molecule has 2 saturated heterocycles. The van der Waals surface area contributed by atoms with Gasteiger partial charge in [-0.05, 0) is 44.0 Å². The van der Waals surface area contributed by atoms with Gasteiger partial charge < -0.3 is 9.64 Å². The molecule has 2 amide bonds. The van der Waals surface area contributed by atoms with Crippen molar-refractivity contribution in [3.05, 3.63) is 29.6 Å². The number of halogens is 1. The second kappa shape index (κ2) is 5.36. The number of Topliss-reactive ketones (excluding diaryl/α,β-unsaturated/α-hetero) is 1. The average Bonchev–Trinajstić information content (AvgIpc) is 2.51. The van der Waals surface area contributed by atoms with Crippen molar-refractivity contribution in [1.29, 1.82) is 0 Å². The van der Waals surface area contributed by atoms with Crippen molar-refractivity contribution in [3.63, 3.8) is 0 Å². The monoisotopic (exact) mass is 346 g/mol. The summed E-state index contributed by atoms with van der Waals surface area (Å²) in [4.78, 5) is 39.4. The second-order valence-electron chi connectivity index (χ2n) is 7.15. The summed E-state index contributed by atoms with van der Waals surface area (Å²) in [5.41, 5.74) is -0.0132. The predicted molar refractivity (Wildman–Crippen MR) is 86.5 cm³/mol. The van der Waals surface area contributed by atoms with E-state index < -0.39 is 34.9 Å². The molecule has 0 radical (unpaired) electrons. The number of morpholine rings is 1. The van der Waals surface area contributed by atoms with Crippen molar-refractivity contribution in [2.75, 3.05) is 11.4 Å². The lowest BCUT2D eigenvalue weighted by Crippen LogP contribution is -2.72. The Balaban J connectivity index is 1.92. The number of benzene rings is 1. The number of fused-ring (bicyclic) bond motifs is 4. The molecule has 4 atom stereocenters. The van der Waals surface area contributed by atoms with Crippen LogP contribution in [0.25, 0.3) is 0 Å². The number of carbonyl (C=O) groups is 3. The second-order valence-corrected chi connectivity index (χ2v) is 7.15. The molecular weight excluding hydrogens is 327 g/mol. The van der Waals surface area contributed by atoms with Gasteiger partial charge in [-0.15, -0.1) is 0 Å². The minimum atomic E-state index is -1.44. The van der Waals surface area contributed by atoms with Gasteiger partial charge in [-0.2, -0.15) is 0 Å². The lowest BCUT2D eigenvalue weighted by Gasteiger charge is -2.55. The van der Waals surface area contributed by atoms with E-state index in [1.54, 1.807) is 6.07 Å². The van der Waals surface area contributed by atoms with Gasteiger partial charge >= 0.3 is 0 Å². The number of amides is 2. The molecule has 1 aromatic carbocycles. The van der Waals surface area contributed by atoms with Crippen LogP contribution in [0, 0.1) is 11.2 Å². The van der Waals surface area contributed by atoms with E-state index in [4.69, 9.17) is 4.74 Å². The fourth-order valence-corrected chi connectivity index (χ4v) is 4.61. The van der Waals surface area contributed by atoms with E-state index >= 15 is 0 Å². The molecule has 0 bridgehead atoms. The van der Waals surface area contributed by atoms with Gasteiger partial charge in [-0.1, -0.05) is 0 Å². The molecule has 132 valence electrons. The summed E-state index contributed by atoms with van der Waals surface area (Å²) in [5.74, 6) is -2.03. The highest BCUT2D eigenvalue weighted by atomic mass is 19.1. The molecule has 0 aliphatic carbocycles. The van der Waals surface area contributed by atoms with E-state index in [9.17, 15) is 18.8 Å². The molecule has 1 aromatic rings. The topological polar surface area (TPSA) is 75.7 Å². The average molecular weight is 346 g/mol. The quantitative estimate of drug-likeness (QED) is 0.560. The van der Waals surface area contributed by atoms with Gasteiger partial charge in [0.05, 0.1) is 24.7 Å². The van der Waals surface area contributed by atoms with Crippen LogP contribution in [-0.2, 0) is 25.5 Å². The first-order chi connectivity index (χ1) is 11.8. The largest absolute Gasteiger partial charge is 0.372 e. The number of rotatable bonds is 0.